The molecule has 3 heterocycles. The molecule has 3 atom stereocenters. The molecule has 39 heavy (non-hydrogen) atoms. The van der Waals surface area contributed by atoms with Gasteiger partial charge in [-0.25, -0.2) is 0 Å². The van der Waals surface area contributed by atoms with Crippen LogP contribution >= 0.6 is 11.3 Å². The van der Waals surface area contributed by atoms with Gasteiger partial charge >= 0.3 is 5.97 Å². The average molecular weight is 548 g/mol. The molecule has 0 aliphatic carbocycles. The molecular formula is C31H37N3O4S. The second kappa shape index (κ2) is 12.6. The van der Waals surface area contributed by atoms with E-state index in [0.717, 1.165) is 32.8 Å². The number of benzene rings is 1. The van der Waals surface area contributed by atoms with Crippen LogP contribution in [-0.2, 0) is 14.4 Å². The monoisotopic (exact) mass is 547 g/mol. The first kappa shape index (κ1) is 28.5. The summed E-state index contributed by atoms with van der Waals surface area (Å²) in [6.45, 7) is 8.58. The summed E-state index contributed by atoms with van der Waals surface area (Å²) in [5.74, 6) is -1.14. The first-order chi connectivity index (χ1) is 18.6. The Labute approximate surface area is 234 Å². The maximum absolute atomic E-state index is 13.8. The predicted octanol–water partition coefficient (Wildman–Crippen LogP) is 5.88. The van der Waals surface area contributed by atoms with Crippen LogP contribution in [-0.4, -0.2) is 45.4 Å². The van der Waals surface area contributed by atoms with Crippen molar-refractivity contribution in [2.24, 2.45) is 5.92 Å². The quantitative estimate of drug-likeness (QED) is 0.330. The lowest BCUT2D eigenvalue weighted by atomic mass is 9.90. The van der Waals surface area contributed by atoms with E-state index in [1.54, 1.807) is 22.4 Å². The lowest BCUT2D eigenvalue weighted by molar-refractivity contribution is -0.144. The molecule has 7 nitrogen and oxygen atoms in total. The van der Waals surface area contributed by atoms with Gasteiger partial charge in [0.15, 0.2) is 0 Å². The number of rotatable bonds is 10. The summed E-state index contributed by atoms with van der Waals surface area (Å²) in [5, 5.41) is 14.6. The number of nitrogens with zero attached hydrogens (tertiary/aromatic N) is 2. The third kappa shape index (κ3) is 6.92. The number of aryl methyl sites for hydroxylation is 2. The van der Waals surface area contributed by atoms with Gasteiger partial charge in [0.2, 0.25) is 11.8 Å². The molecule has 0 spiro atoms. The van der Waals surface area contributed by atoms with E-state index in [2.05, 4.69) is 36.3 Å². The number of aliphatic carboxylic acids is 1. The third-order valence-corrected chi connectivity index (χ3v) is 8.33. The highest BCUT2D eigenvalue weighted by Crippen LogP contribution is 2.35. The number of likely N-dealkylation sites (tertiary alicyclic amines) is 1. The van der Waals surface area contributed by atoms with Gasteiger partial charge in [-0.1, -0.05) is 38.1 Å². The zero-order valence-electron chi connectivity index (χ0n) is 23.0. The van der Waals surface area contributed by atoms with Crippen molar-refractivity contribution in [1.29, 1.82) is 0 Å². The summed E-state index contributed by atoms with van der Waals surface area (Å²) >= 11 is 1.54. The van der Waals surface area contributed by atoms with Gasteiger partial charge in [0.1, 0.15) is 6.04 Å². The summed E-state index contributed by atoms with van der Waals surface area (Å²) < 4.78 is 0. The topological polar surface area (TPSA) is 99.6 Å². The lowest BCUT2D eigenvalue weighted by Crippen LogP contribution is -2.53. The van der Waals surface area contributed by atoms with Crippen LogP contribution in [0.1, 0.15) is 73.9 Å². The van der Waals surface area contributed by atoms with Gasteiger partial charge in [-0.05, 0) is 78.4 Å². The van der Waals surface area contributed by atoms with Crippen molar-refractivity contribution in [3.63, 3.8) is 0 Å². The number of carboxylic acids is 1. The van der Waals surface area contributed by atoms with Crippen LogP contribution in [0.2, 0.25) is 0 Å². The van der Waals surface area contributed by atoms with Gasteiger partial charge in [0.05, 0.1) is 12.5 Å². The number of pyridine rings is 1. The minimum atomic E-state index is -0.996. The van der Waals surface area contributed by atoms with Gasteiger partial charge in [-0.2, -0.15) is 0 Å². The summed E-state index contributed by atoms with van der Waals surface area (Å²) in [5.41, 5.74) is 5.09. The predicted molar refractivity (Wildman–Crippen MR) is 154 cm³/mol. The Hall–Kier alpha value is -3.52. The van der Waals surface area contributed by atoms with Crippen molar-refractivity contribution in [1.82, 2.24) is 15.2 Å². The maximum atomic E-state index is 13.8. The number of aromatic nitrogens is 1. The van der Waals surface area contributed by atoms with Crippen molar-refractivity contribution >= 4 is 29.1 Å². The molecule has 1 fully saturated rings. The summed E-state index contributed by atoms with van der Waals surface area (Å²) in [7, 11) is 0. The fraction of sp³-hybridized carbons (Fsp3) is 0.419. The van der Waals surface area contributed by atoms with Crippen molar-refractivity contribution in [3.05, 3.63) is 76.4 Å². The average Bonchev–Trinajstić information content (AvgIpc) is 3.37. The summed E-state index contributed by atoms with van der Waals surface area (Å²) in [6.07, 6.45) is 3.04. The van der Waals surface area contributed by atoms with E-state index in [4.69, 9.17) is 0 Å². The van der Waals surface area contributed by atoms with E-state index in [1.165, 1.54) is 0 Å². The zero-order chi connectivity index (χ0) is 28.1. The van der Waals surface area contributed by atoms with E-state index in [1.807, 2.05) is 49.6 Å². The second-order valence-corrected chi connectivity index (χ2v) is 11.8. The molecule has 0 saturated carbocycles. The SMILES string of the molecule is Cc1cccc(C)c1-c1cc([C@H](CC(=O)O)NC(=O)[C@@H](CC(C)C)N2CC(c3ccccn3)CCC2=O)cs1. The molecule has 4 rings (SSSR count). The zero-order valence-corrected chi connectivity index (χ0v) is 23.8. The second-order valence-electron chi connectivity index (χ2n) is 10.9. The first-order valence-electron chi connectivity index (χ1n) is 13.5. The van der Waals surface area contributed by atoms with Gasteiger partial charge in [0, 0.05) is 35.7 Å². The number of carbonyl (C=O) groups excluding carboxylic acids is 2. The van der Waals surface area contributed by atoms with E-state index in [0.29, 0.717) is 25.8 Å². The van der Waals surface area contributed by atoms with Crippen molar-refractivity contribution < 1.29 is 19.5 Å². The smallest absolute Gasteiger partial charge is 0.305 e. The number of hydrogen-bond acceptors (Lipinski definition) is 5. The molecule has 8 heteroatoms. The van der Waals surface area contributed by atoms with E-state index in [9.17, 15) is 19.5 Å². The molecular weight excluding hydrogens is 510 g/mol. The number of carbonyl (C=O) groups is 3. The number of amides is 2. The Bertz CT molecular complexity index is 1300. The Morgan fingerprint density at radius 3 is 2.54 bits per heavy atom. The third-order valence-electron chi connectivity index (χ3n) is 7.37. The largest absolute Gasteiger partial charge is 0.481 e. The van der Waals surface area contributed by atoms with Crippen LogP contribution in [0.3, 0.4) is 0 Å². The maximum Gasteiger partial charge on any atom is 0.305 e. The van der Waals surface area contributed by atoms with E-state index < -0.39 is 18.1 Å². The van der Waals surface area contributed by atoms with Gasteiger partial charge in [-0.3, -0.25) is 19.4 Å². The van der Waals surface area contributed by atoms with Crippen LogP contribution < -0.4 is 5.32 Å². The number of carboxylic acid groups (broad SMARTS) is 1. The Morgan fingerprint density at radius 2 is 1.90 bits per heavy atom. The van der Waals surface area contributed by atoms with Gasteiger partial charge < -0.3 is 15.3 Å². The van der Waals surface area contributed by atoms with E-state index in [-0.39, 0.29) is 30.1 Å². The molecule has 1 unspecified atom stereocenters. The van der Waals surface area contributed by atoms with E-state index >= 15 is 0 Å². The van der Waals surface area contributed by atoms with Crippen LogP contribution in [0.5, 0.6) is 0 Å². The Kier molecular flexibility index (Phi) is 9.17. The molecule has 2 N–H and O–H groups in total. The Balaban J connectivity index is 1.59. The number of hydrogen-bond donors (Lipinski definition) is 2. The highest BCUT2D eigenvalue weighted by atomic mass is 32.1. The molecule has 0 bridgehead atoms. The van der Waals surface area contributed by atoms with Crippen molar-refractivity contribution in [3.8, 4) is 10.4 Å². The normalized spacial score (nSPS) is 17.2. The highest BCUT2D eigenvalue weighted by molar-refractivity contribution is 7.13. The standard InChI is InChI=1S/C31H37N3O4S/c1-19(2)14-26(34-17-22(11-12-28(34)35)24-10-5-6-13-32-24)31(38)33-25(16-29(36)37)23-15-27(39-18-23)30-20(3)8-7-9-21(30)4/h5-10,13,15,18-19,22,25-26H,11-12,14,16-17H2,1-4H3,(H,33,38)(H,36,37)/t22?,25-,26+/m0/s1. The minimum Gasteiger partial charge on any atom is -0.481 e. The molecule has 1 saturated heterocycles. The minimum absolute atomic E-state index is 0.0504. The molecule has 0 radical (unpaired) electrons. The lowest BCUT2D eigenvalue weighted by Gasteiger charge is -2.38. The highest BCUT2D eigenvalue weighted by Gasteiger charge is 2.37. The number of thiophene rings is 1. The summed E-state index contributed by atoms with van der Waals surface area (Å²) in [6, 6.07) is 12.5. The fourth-order valence-electron chi connectivity index (χ4n) is 5.42. The number of piperidine rings is 1. The first-order valence-corrected chi connectivity index (χ1v) is 14.4. The molecule has 2 aromatic heterocycles. The molecule has 206 valence electrons. The van der Waals surface area contributed by atoms with Crippen molar-refractivity contribution in [2.75, 3.05) is 6.54 Å². The van der Waals surface area contributed by atoms with Gasteiger partial charge in [0.25, 0.3) is 0 Å². The summed E-state index contributed by atoms with van der Waals surface area (Å²) in [4.78, 5) is 45.9. The molecule has 3 aromatic rings. The van der Waals surface area contributed by atoms with Crippen LogP contribution in [0.4, 0.5) is 0 Å². The fourth-order valence-corrected chi connectivity index (χ4v) is 6.56. The van der Waals surface area contributed by atoms with Crippen LogP contribution in [0.25, 0.3) is 10.4 Å². The molecule has 1 aromatic carbocycles. The van der Waals surface area contributed by atoms with Crippen LogP contribution in [0.15, 0.2) is 54.0 Å². The molecule has 1 aliphatic rings. The Morgan fingerprint density at radius 1 is 1.15 bits per heavy atom. The molecule has 2 amide bonds. The van der Waals surface area contributed by atoms with Gasteiger partial charge in [-0.15, -0.1) is 11.3 Å². The number of nitrogens with one attached hydrogen (secondary N) is 1. The molecule has 1 aliphatic heterocycles. The van der Waals surface area contributed by atoms with Crippen LogP contribution in [0, 0.1) is 19.8 Å². The van der Waals surface area contributed by atoms with Crippen molar-refractivity contribution in [2.45, 2.75) is 71.4 Å².